The summed E-state index contributed by atoms with van der Waals surface area (Å²) in [6.07, 6.45) is 2.36. The lowest BCUT2D eigenvalue weighted by atomic mass is 10.1. The third-order valence-electron chi connectivity index (χ3n) is 6.03. The number of hydrogen-bond acceptors (Lipinski definition) is 5. The molecule has 0 spiro atoms. The van der Waals surface area contributed by atoms with Gasteiger partial charge in [0.05, 0.1) is 25.6 Å². The third-order valence-corrected chi connectivity index (χ3v) is 6.03. The van der Waals surface area contributed by atoms with Crippen LogP contribution in [0.3, 0.4) is 0 Å². The molecular weight excluding hydrogens is 430 g/mol. The van der Waals surface area contributed by atoms with E-state index in [4.69, 9.17) is 14.6 Å². The largest absolute Gasteiger partial charge is 0.497 e. The molecule has 0 bridgehead atoms. The maximum atomic E-state index is 13.3. The van der Waals surface area contributed by atoms with Crippen molar-refractivity contribution in [2.24, 2.45) is 0 Å². The maximum Gasteiger partial charge on any atom is 0.327 e. The Morgan fingerprint density at radius 3 is 2.32 bits per heavy atom. The van der Waals surface area contributed by atoms with E-state index >= 15 is 0 Å². The van der Waals surface area contributed by atoms with Gasteiger partial charge in [-0.1, -0.05) is 0 Å². The van der Waals surface area contributed by atoms with E-state index in [9.17, 15) is 4.79 Å². The number of methoxy groups -OCH3 is 2. The molecule has 3 heterocycles. The lowest BCUT2D eigenvalue weighted by Gasteiger charge is -2.22. The van der Waals surface area contributed by atoms with Crippen LogP contribution in [0.15, 0.2) is 66.9 Å². The van der Waals surface area contributed by atoms with Crippen LogP contribution >= 0.6 is 0 Å². The van der Waals surface area contributed by atoms with E-state index in [2.05, 4.69) is 17.2 Å². The Morgan fingerprint density at radius 1 is 0.971 bits per heavy atom. The molecule has 0 unspecified atom stereocenters. The Bertz CT molecular complexity index is 1330. The number of urea groups is 1. The van der Waals surface area contributed by atoms with Crippen molar-refractivity contribution in [1.82, 2.24) is 14.8 Å². The summed E-state index contributed by atoms with van der Waals surface area (Å²) in [5, 5.41) is 7.91. The van der Waals surface area contributed by atoms with Gasteiger partial charge in [-0.2, -0.15) is 5.10 Å². The van der Waals surface area contributed by atoms with E-state index in [1.165, 1.54) is 0 Å². The molecule has 1 aliphatic rings. The normalized spacial score (nSPS) is 12.4. The van der Waals surface area contributed by atoms with Crippen LogP contribution in [-0.4, -0.2) is 41.6 Å². The fourth-order valence-electron chi connectivity index (χ4n) is 4.21. The van der Waals surface area contributed by atoms with Crippen LogP contribution in [0.25, 0.3) is 16.9 Å². The molecule has 8 nitrogen and oxygen atoms in total. The number of anilines is 2. The van der Waals surface area contributed by atoms with E-state index in [1.807, 2.05) is 65.3 Å². The third kappa shape index (κ3) is 3.83. The van der Waals surface area contributed by atoms with Gasteiger partial charge in [0.15, 0.2) is 0 Å². The number of rotatable bonds is 4. The van der Waals surface area contributed by atoms with Crippen LogP contribution in [0.1, 0.15) is 11.3 Å². The number of carbonyl (C=O) groups excluding carboxylic acids is 1. The van der Waals surface area contributed by atoms with Gasteiger partial charge in [-0.3, -0.25) is 4.90 Å². The molecule has 0 fully saturated rings. The first-order valence-electron chi connectivity index (χ1n) is 11.0. The molecule has 1 aliphatic heterocycles. The van der Waals surface area contributed by atoms with Crippen LogP contribution < -0.4 is 19.7 Å². The monoisotopic (exact) mass is 455 g/mol. The number of hydrogen-bond donors (Lipinski definition) is 1. The summed E-state index contributed by atoms with van der Waals surface area (Å²) < 4.78 is 12.4. The van der Waals surface area contributed by atoms with Crippen LogP contribution in [0.5, 0.6) is 11.5 Å². The van der Waals surface area contributed by atoms with Crippen molar-refractivity contribution in [1.29, 1.82) is 0 Å². The molecule has 4 aromatic rings. The second kappa shape index (κ2) is 8.90. The van der Waals surface area contributed by atoms with Crippen molar-refractivity contribution in [2.45, 2.75) is 13.3 Å². The van der Waals surface area contributed by atoms with E-state index in [-0.39, 0.29) is 6.03 Å². The highest BCUT2D eigenvalue weighted by molar-refractivity contribution is 6.03. The van der Waals surface area contributed by atoms with Gasteiger partial charge in [0.25, 0.3) is 0 Å². The topological polar surface area (TPSA) is 81.5 Å². The number of nitrogens with zero attached hydrogens (tertiary/aromatic N) is 4. The Balaban J connectivity index is 1.49. The summed E-state index contributed by atoms with van der Waals surface area (Å²) in [6.45, 7) is 2.54. The Hall–Kier alpha value is -4.33. The average Bonchev–Trinajstić information content (AvgIpc) is 3.11. The lowest BCUT2D eigenvalue weighted by molar-refractivity contribution is 0.257. The first kappa shape index (κ1) is 21.5. The highest BCUT2D eigenvalue weighted by Crippen LogP contribution is 2.36. The second-order valence-corrected chi connectivity index (χ2v) is 7.96. The molecule has 0 radical (unpaired) electrons. The van der Waals surface area contributed by atoms with Crippen LogP contribution in [0.2, 0.25) is 0 Å². The van der Waals surface area contributed by atoms with Gasteiger partial charge in [0, 0.05) is 35.2 Å². The first-order chi connectivity index (χ1) is 16.6. The molecule has 2 amide bonds. The number of fused-ring (bicyclic) bond motifs is 3. The van der Waals surface area contributed by atoms with Crippen molar-refractivity contribution >= 4 is 17.5 Å². The lowest BCUT2D eigenvalue weighted by Crippen LogP contribution is -2.37. The minimum absolute atomic E-state index is 0.240. The van der Waals surface area contributed by atoms with E-state index in [0.717, 1.165) is 39.7 Å². The number of amides is 2. The van der Waals surface area contributed by atoms with E-state index < -0.39 is 0 Å². The van der Waals surface area contributed by atoms with E-state index in [0.29, 0.717) is 24.5 Å². The van der Waals surface area contributed by atoms with Gasteiger partial charge in [-0.05, 0) is 74.0 Å². The fraction of sp³-hybridized carbons (Fsp3) is 0.192. The zero-order chi connectivity index (χ0) is 23.7. The van der Waals surface area contributed by atoms with Crippen LogP contribution in [-0.2, 0) is 6.42 Å². The van der Waals surface area contributed by atoms with Crippen LogP contribution in [0, 0.1) is 6.92 Å². The van der Waals surface area contributed by atoms with Crippen molar-refractivity contribution < 1.29 is 14.3 Å². The number of pyridine rings is 1. The van der Waals surface area contributed by atoms with Gasteiger partial charge >= 0.3 is 6.03 Å². The molecule has 0 saturated heterocycles. The molecule has 0 aliphatic carbocycles. The summed E-state index contributed by atoms with van der Waals surface area (Å²) >= 11 is 0. The number of benzene rings is 2. The zero-order valence-corrected chi connectivity index (χ0v) is 19.3. The van der Waals surface area contributed by atoms with Crippen molar-refractivity contribution in [2.75, 3.05) is 31.0 Å². The van der Waals surface area contributed by atoms with Crippen molar-refractivity contribution in [3.05, 3.63) is 78.1 Å². The molecule has 5 rings (SSSR count). The Labute approximate surface area is 197 Å². The van der Waals surface area contributed by atoms with Gasteiger partial charge in [-0.25, -0.2) is 14.5 Å². The van der Waals surface area contributed by atoms with Gasteiger partial charge in [0.2, 0.25) is 0 Å². The standard InChI is InChI=1S/C26H25N5O3/c1-17-22-14-16-30(26(32)28-18-6-10-20(33-2)11-7-18)25-23(5-4-15-27-25)24(22)29-31(17)19-8-12-21(34-3)13-9-19/h4-13,15H,14,16H2,1-3H3,(H,28,32). The molecule has 1 N–H and O–H groups in total. The molecule has 2 aromatic carbocycles. The van der Waals surface area contributed by atoms with Gasteiger partial charge in [0.1, 0.15) is 17.3 Å². The highest BCUT2D eigenvalue weighted by atomic mass is 16.5. The number of carbonyl (C=O) groups is 1. The molecule has 8 heteroatoms. The van der Waals surface area contributed by atoms with Crippen molar-refractivity contribution in [3.63, 3.8) is 0 Å². The number of aromatic nitrogens is 3. The first-order valence-corrected chi connectivity index (χ1v) is 11.0. The molecule has 34 heavy (non-hydrogen) atoms. The SMILES string of the molecule is COc1ccc(NC(=O)N2CCc3c(nn(-c4ccc(OC)cc4)c3C)-c3cccnc32)cc1. The highest BCUT2D eigenvalue weighted by Gasteiger charge is 2.29. The number of ether oxygens (including phenoxy) is 2. The summed E-state index contributed by atoms with van der Waals surface area (Å²) in [6, 6.07) is 18.6. The minimum atomic E-state index is -0.240. The summed E-state index contributed by atoms with van der Waals surface area (Å²) in [7, 11) is 3.26. The summed E-state index contributed by atoms with van der Waals surface area (Å²) in [4.78, 5) is 19.5. The van der Waals surface area contributed by atoms with Gasteiger partial charge < -0.3 is 14.8 Å². The summed E-state index contributed by atoms with van der Waals surface area (Å²) in [5.74, 6) is 2.12. The minimum Gasteiger partial charge on any atom is -0.497 e. The maximum absolute atomic E-state index is 13.3. The fourth-order valence-corrected chi connectivity index (χ4v) is 4.21. The van der Waals surface area contributed by atoms with Crippen molar-refractivity contribution in [3.8, 4) is 28.4 Å². The van der Waals surface area contributed by atoms with E-state index in [1.54, 1.807) is 25.3 Å². The Morgan fingerprint density at radius 2 is 1.65 bits per heavy atom. The van der Waals surface area contributed by atoms with Crippen LogP contribution in [0.4, 0.5) is 16.3 Å². The van der Waals surface area contributed by atoms with Gasteiger partial charge in [-0.15, -0.1) is 0 Å². The predicted octanol–water partition coefficient (Wildman–Crippen LogP) is 4.85. The Kier molecular flexibility index (Phi) is 5.63. The molecule has 2 aromatic heterocycles. The average molecular weight is 456 g/mol. The summed E-state index contributed by atoms with van der Waals surface area (Å²) in [5.41, 5.74) is 5.45. The molecule has 0 saturated carbocycles. The number of nitrogens with one attached hydrogen (secondary N) is 1. The predicted molar refractivity (Wildman–Crippen MR) is 131 cm³/mol. The second-order valence-electron chi connectivity index (χ2n) is 7.96. The quantitative estimate of drug-likeness (QED) is 0.476. The molecule has 172 valence electrons. The molecular formula is C26H25N5O3. The zero-order valence-electron chi connectivity index (χ0n) is 19.3. The molecule has 0 atom stereocenters. The smallest absolute Gasteiger partial charge is 0.327 e.